The first kappa shape index (κ1) is 6.98. The van der Waals surface area contributed by atoms with Crippen LogP contribution in [0.3, 0.4) is 0 Å². The molecule has 1 heterocycles. The molecule has 0 saturated heterocycles. The molecule has 1 aliphatic carbocycles. The van der Waals surface area contributed by atoms with Gasteiger partial charge < -0.3 is 0 Å². The molecule has 0 aromatic carbocycles. The lowest BCUT2D eigenvalue weighted by Gasteiger charge is -1.85. The summed E-state index contributed by atoms with van der Waals surface area (Å²) in [5, 5.41) is 1.14. The Morgan fingerprint density at radius 2 is 2.55 bits per heavy atom. The van der Waals surface area contributed by atoms with Gasteiger partial charge in [-0.05, 0) is 12.3 Å². The van der Waals surface area contributed by atoms with Gasteiger partial charge in [-0.3, -0.25) is 4.79 Å². The van der Waals surface area contributed by atoms with Crippen LogP contribution in [0.1, 0.15) is 33.9 Å². The Kier molecular flexibility index (Phi) is 1.53. The van der Waals surface area contributed by atoms with Gasteiger partial charge in [0.1, 0.15) is 0 Å². The monoisotopic (exact) mass is 167 g/mol. The molecule has 1 aromatic heterocycles. The van der Waals surface area contributed by atoms with E-state index in [4.69, 9.17) is 0 Å². The van der Waals surface area contributed by atoms with Gasteiger partial charge in [0.25, 0.3) is 0 Å². The van der Waals surface area contributed by atoms with E-state index in [0.717, 1.165) is 22.1 Å². The minimum Gasteiger partial charge on any atom is -0.297 e. The van der Waals surface area contributed by atoms with Gasteiger partial charge in [0, 0.05) is 12.1 Å². The first-order valence-corrected chi connectivity index (χ1v) is 4.54. The molecule has 3 heteroatoms. The van der Waals surface area contributed by atoms with Crippen LogP contribution < -0.4 is 0 Å². The molecule has 1 fully saturated rings. The van der Waals surface area contributed by atoms with E-state index in [2.05, 4.69) is 11.9 Å². The zero-order chi connectivity index (χ0) is 7.84. The summed E-state index contributed by atoms with van der Waals surface area (Å²) >= 11 is 1.53. The fourth-order valence-electron chi connectivity index (χ4n) is 1.19. The highest BCUT2D eigenvalue weighted by Crippen LogP contribution is 2.47. The number of aromatic nitrogens is 1. The van der Waals surface area contributed by atoms with Crippen LogP contribution in [0.4, 0.5) is 0 Å². The van der Waals surface area contributed by atoms with Crippen LogP contribution in [-0.4, -0.2) is 11.3 Å². The average Bonchev–Trinajstić information content (AvgIpc) is 2.59. The molecule has 2 rings (SSSR count). The Labute approximate surface area is 69.3 Å². The fraction of sp³-hybridized carbons (Fsp3) is 0.500. The van der Waals surface area contributed by atoms with Crippen LogP contribution in [0, 0.1) is 5.92 Å². The fourth-order valence-corrected chi connectivity index (χ4v) is 2.17. The quantitative estimate of drug-likeness (QED) is 0.631. The lowest BCUT2D eigenvalue weighted by Crippen LogP contribution is -1.75. The molecular weight excluding hydrogens is 158 g/mol. The van der Waals surface area contributed by atoms with Crippen molar-refractivity contribution < 1.29 is 4.79 Å². The van der Waals surface area contributed by atoms with E-state index < -0.39 is 0 Å². The van der Waals surface area contributed by atoms with E-state index in [1.807, 2.05) is 0 Å². The maximum Gasteiger partial charge on any atom is 0.161 e. The summed E-state index contributed by atoms with van der Waals surface area (Å²) in [4.78, 5) is 15.3. The van der Waals surface area contributed by atoms with Crippen molar-refractivity contribution in [1.29, 1.82) is 0 Å². The number of thiazole rings is 1. The third-order valence-electron chi connectivity index (χ3n) is 2.08. The van der Waals surface area contributed by atoms with E-state index in [-0.39, 0.29) is 0 Å². The number of hydrogen-bond acceptors (Lipinski definition) is 3. The van der Waals surface area contributed by atoms with Crippen LogP contribution in [-0.2, 0) is 0 Å². The van der Waals surface area contributed by atoms with E-state index in [1.54, 1.807) is 6.20 Å². The smallest absolute Gasteiger partial charge is 0.161 e. The number of aldehydes is 1. The van der Waals surface area contributed by atoms with Crippen LogP contribution in [0.25, 0.3) is 0 Å². The van der Waals surface area contributed by atoms with Gasteiger partial charge in [0.05, 0.1) is 9.88 Å². The number of carbonyl (C=O) groups excluding carboxylic acids is 1. The zero-order valence-electron chi connectivity index (χ0n) is 6.28. The molecule has 0 aliphatic heterocycles. The first-order valence-electron chi connectivity index (χ1n) is 3.72. The maximum absolute atomic E-state index is 10.3. The van der Waals surface area contributed by atoms with Crippen LogP contribution in [0.15, 0.2) is 6.20 Å². The van der Waals surface area contributed by atoms with Gasteiger partial charge in [0.15, 0.2) is 6.29 Å². The Balaban J connectivity index is 2.19. The normalized spacial score (nSPS) is 28.5. The second-order valence-corrected chi connectivity index (χ2v) is 4.13. The molecule has 1 saturated carbocycles. The Bertz CT molecular complexity index is 281. The number of carbonyl (C=O) groups is 1. The predicted octanol–water partition coefficient (Wildman–Crippen LogP) is 2.08. The van der Waals surface area contributed by atoms with E-state index in [9.17, 15) is 4.79 Å². The molecule has 0 amide bonds. The summed E-state index contributed by atoms with van der Waals surface area (Å²) in [7, 11) is 0. The molecule has 1 aromatic rings. The molecule has 11 heavy (non-hydrogen) atoms. The molecule has 2 nitrogen and oxygen atoms in total. The van der Waals surface area contributed by atoms with Crippen molar-refractivity contribution in [3.8, 4) is 0 Å². The largest absolute Gasteiger partial charge is 0.297 e. The molecule has 0 N–H and O–H groups in total. The molecule has 0 bridgehead atoms. The lowest BCUT2D eigenvalue weighted by molar-refractivity contribution is 0.112. The predicted molar refractivity (Wildman–Crippen MR) is 44.0 cm³/mol. The van der Waals surface area contributed by atoms with Crippen molar-refractivity contribution in [3.63, 3.8) is 0 Å². The van der Waals surface area contributed by atoms with Crippen molar-refractivity contribution in [2.75, 3.05) is 0 Å². The van der Waals surface area contributed by atoms with Crippen molar-refractivity contribution in [2.24, 2.45) is 5.92 Å². The maximum atomic E-state index is 10.3. The van der Waals surface area contributed by atoms with Gasteiger partial charge >= 0.3 is 0 Å². The zero-order valence-corrected chi connectivity index (χ0v) is 7.10. The molecule has 0 radical (unpaired) electrons. The topological polar surface area (TPSA) is 30.0 Å². The third kappa shape index (κ3) is 1.20. The number of hydrogen-bond donors (Lipinski definition) is 0. The minimum atomic E-state index is 0.647. The summed E-state index contributed by atoms with van der Waals surface area (Å²) in [6, 6.07) is 0. The lowest BCUT2D eigenvalue weighted by atomic mass is 10.4. The van der Waals surface area contributed by atoms with Gasteiger partial charge in [-0.25, -0.2) is 4.98 Å². The highest BCUT2D eigenvalue weighted by molar-refractivity contribution is 7.13. The van der Waals surface area contributed by atoms with Crippen LogP contribution >= 0.6 is 11.3 Å². The van der Waals surface area contributed by atoms with Gasteiger partial charge in [0.2, 0.25) is 0 Å². The Hall–Kier alpha value is -0.700. The summed E-state index contributed by atoms with van der Waals surface area (Å²) in [5.41, 5.74) is 0. The summed E-state index contributed by atoms with van der Waals surface area (Å²) < 4.78 is 0. The second kappa shape index (κ2) is 2.41. The van der Waals surface area contributed by atoms with Gasteiger partial charge in [-0.1, -0.05) is 6.92 Å². The molecular formula is C8H9NOS. The number of rotatable bonds is 2. The van der Waals surface area contributed by atoms with E-state index in [1.165, 1.54) is 17.8 Å². The molecule has 0 spiro atoms. The van der Waals surface area contributed by atoms with Gasteiger partial charge in [-0.2, -0.15) is 0 Å². The molecule has 1 aliphatic rings. The standard InChI is InChI=1S/C8H9NOS/c1-5-2-7(5)8-9-3-6(4-10)11-8/h3-5,7H,2H2,1H3. The summed E-state index contributed by atoms with van der Waals surface area (Å²) in [6.45, 7) is 2.21. The van der Waals surface area contributed by atoms with Crippen molar-refractivity contribution in [2.45, 2.75) is 19.3 Å². The average molecular weight is 167 g/mol. The molecule has 2 unspecified atom stereocenters. The highest BCUT2D eigenvalue weighted by Gasteiger charge is 2.36. The third-order valence-corrected chi connectivity index (χ3v) is 3.14. The first-order chi connectivity index (χ1) is 5.31. The highest BCUT2D eigenvalue weighted by atomic mass is 32.1. The number of nitrogens with zero attached hydrogens (tertiary/aromatic N) is 1. The molecule has 58 valence electrons. The summed E-state index contributed by atoms with van der Waals surface area (Å²) in [5.74, 6) is 1.43. The Morgan fingerprint density at radius 1 is 1.82 bits per heavy atom. The molecule has 2 atom stereocenters. The summed E-state index contributed by atoms with van der Waals surface area (Å²) in [6.07, 6.45) is 3.78. The SMILES string of the molecule is CC1CC1c1ncc(C=O)s1. The Morgan fingerprint density at radius 3 is 3.00 bits per heavy atom. The van der Waals surface area contributed by atoms with E-state index in [0.29, 0.717) is 5.92 Å². The van der Waals surface area contributed by atoms with Crippen molar-refractivity contribution in [1.82, 2.24) is 4.98 Å². The van der Waals surface area contributed by atoms with Crippen LogP contribution in [0.5, 0.6) is 0 Å². The van der Waals surface area contributed by atoms with Crippen LogP contribution in [0.2, 0.25) is 0 Å². The van der Waals surface area contributed by atoms with Crippen molar-refractivity contribution >= 4 is 17.6 Å². The van der Waals surface area contributed by atoms with E-state index >= 15 is 0 Å². The minimum absolute atomic E-state index is 0.647. The van der Waals surface area contributed by atoms with Gasteiger partial charge in [-0.15, -0.1) is 11.3 Å². The second-order valence-electron chi connectivity index (χ2n) is 3.04. The van der Waals surface area contributed by atoms with Crippen molar-refractivity contribution in [3.05, 3.63) is 16.1 Å².